The van der Waals surface area contributed by atoms with Gasteiger partial charge in [-0.3, -0.25) is 0 Å². The summed E-state index contributed by atoms with van der Waals surface area (Å²) < 4.78 is 2.38. The van der Waals surface area contributed by atoms with Gasteiger partial charge in [0.2, 0.25) is 5.28 Å². The molecule has 0 fully saturated rings. The van der Waals surface area contributed by atoms with Crippen molar-refractivity contribution in [1.82, 2.24) is 19.6 Å². The Hall–Kier alpha value is -1.66. The topological polar surface area (TPSA) is 55.1 Å². The predicted molar refractivity (Wildman–Crippen MR) is 84.6 cm³/mol. The molecule has 0 radical (unpaired) electrons. The highest BCUT2D eigenvalue weighted by Crippen LogP contribution is 2.34. The minimum absolute atomic E-state index is 0.190. The quantitative estimate of drug-likeness (QED) is 0.754. The van der Waals surface area contributed by atoms with Crippen LogP contribution in [0, 0.1) is 0 Å². The van der Waals surface area contributed by atoms with Crippen molar-refractivity contribution in [3.63, 3.8) is 0 Å². The first-order chi connectivity index (χ1) is 10.2. The summed E-state index contributed by atoms with van der Waals surface area (Å²) in [6, 6.07) is 8.69. The number of anilines is 1. The fourth-order valence-electron chi connectivity index (χ4n) is 2.80. The molecule has 0 amide bonds. The maximum Gasteiger partial charge on any atom is 0.243 e. The number of hydrogen-bond acceptors (Lipinski definition) is 4. The zero-order valence-corrected chi connectivity index (χ0v) is 13.3. The van der Waals surface area contributed by atoms with E-state index in [4.69, 9.17) is 11.6 Å². The molecule has 2 heterocycles. The third-order valence-electron chi connectivity index (χ3n) is 3.74. The summed E-state index contributed by atoms with van der Waals surface area (Å²) in [7, 11) is 0. The number of hydrogen-bond donors (Lipinski definition) is 1. The van der Waals surface area contributed by atoms with E-state index in [1.165, 1.54) is 11.1 Å². The number of rotatable bonds is 2. The van der Waals surface area contributed by atoms with Crippen molar-refractivity contribution >= 4 is 39.0 Å². The second-order valence-corrected chi connectivity index (χ2v) is 6.13. The molecule has 1 aromatic carbocycles. The molecule has 1 aliphatic carbocycles. The Kier molecular flexibility index (Phi) is 3.08. The van der Waals surface area contributed by atoms with E-state index in [9.17, 15) is 0 Å². The van der Waals surface area contributed by atoms with E-state index in [0.717, 1.165) is 17.4 Å². The molecule has 1 atom stereocenters. The van der Waals surface area contributed by atoms with Crippen molar-refractivity contribution in [2.75, 3.05) is 5.32 Å². The molecule has 5 nitrogen and oxygen atoms in total. The van der Waals surface area contributed by atoms with Gasteiger partial charge >= 0.3 is 0 Å². The van der Waals surface area contributed by atoms with Crippen LogP contribution in [-0.4, -0.2) is 19.6 Å². The van der Waals surface area contributed by atoms with E-state index < -0.39 is 0 Å². The number of benzene rings is 1. The summed E-state index contributed by atoms with van der Waals surface area (Å²) in [4.78, 5) is 8.62. The van der Waals surface area contributed by atoms with Gasteiger partial charge in [-0.1, -0.05) is 24.3 Å². The number of halogens is 2. The molecule has 0 bridgehead atoms. The van der Waals surface area contributed by atoms with E-state index in [1.807, 2.05) is 0 Å². The van der Waals surface area contributed by atoms with Gasteiger partial charge in [0.15, 0.2) is 11.5 Å². The summed E-state index contributed by atoms with van der Waals surface area (Å²) >= 11 is 9.40. The van der Waals surface area contributed by atoms with Crippen LogP contribution in [0.1, 0.15) is 23.6 Å². The van der Waals surface area contributed by atoms with Gasteiger partial charge in [-0.25, -0.2) is 9.50 Å². The van der Waals surface area contributed by atoms with Gasteiger partial charge in [0.1, 0.15) is 4.60 Å². The van der Waals surface area contributed by atoms with E-state index in [1.54, 1.807) is 10.7 Å². The zero-order chi connectivity index (χ0) is 14.4. The molecule has 21 heavy (non-hydrogen) atoms. The van der Waals surface area contributed by atoms with Crippen molar-refractivity contribution in [3.05, 3.63) is 51.5 Å². The van der Waals surface area contributed by atoms with Crippen molar-refractivity contribution in [2.45, 2.75) is 18.9 Å². The molecule has 1 N–H and O–H groups in total. The molecule has 3 aromatic rings. The van der Waals surface area contributed by atoms with Crippen LogP contribution in [0.15, 0.2) is 35.1 Å². The molecule has 4 rings (SSSR count). The Bertz CT molecular complexity index is 831. The summed E-state index contributed by atoms with van der Waals surface area (Å²) in [6.07, 6.45) is 3.80. The Morgan fingerprint density at radius 1 is 1.33 bits per heavy atom. The Labute approximate surface area is 134 Å². The fraction of sp³-hybridized carbons (Fsp3) is 0.214. The van der Waals surface area contributed by atoms with Gasteiger partial charge < -0.3 is 5.32 Å². The van der Waals surface area contributed by atoms with Crippen molar-refractivity contribution < 1.29 is 0 Å². The van der Waals surface area contributed by atoms with Crippen molar-refractivity contribution in [1.29, 1.82) is 0 Å². The first kappa shape index (κ1) is 13.0. The average Bonchev–Trinajstić information content (AvgIpc) is 3.05. The first-order valence-electron chi connectivity index (χ1n) is 6.63. The Balaban J connectivity index is 1.76. The molecule has 2 aromatic heterocycles. The molecule has 0 saturated heterocycles. The number of aryl methyl sites for hydroxylation is 1. The number of aromatic nitrogens is 4. The highest BCUT2D eigenvalue weighted by Gasteiger charge is 2.23. The zero-order valence-electron chi connectivity index (χ0n) is 10.9. The summed E-state index contributed by atoms with van der Waals surface area (Å²) in [5.74, 6) is 0.655. The first-order valence-corrected chi connectivity index (χ1v) is 7.80. The van der Waals surface area contributed by atoms with E-state index in [0.29, 0.717) is 11.5 Å². The highest BCUT2D eigenvalue weighted by atomic mass is 79.9. The summed E-state index contributed by atoms with van der Waals surface area (Å²) in [6.45, 7) is 0. The fourth-order valence-corrected chi connectivity index (χ4v) is 3.31. The summed E-state index contributed by atoms with van der Waals surface area (Å²) in [5, 5.41) is 7.78. The van der Waals surface area contributed by atoms with E-state index in [-0.39, 0.29) is 11.3 Å². The van der Waals surface area contributed by atoms with Crippen LogP contribution < -0.4 is 5.32 Å². The second kappa shape index (κ2) is 4.96. The lowest BCUT2D eigenvalue weighted by molar-refractivity contribution is 0.752. The predicted octanol–water partition coefficient (Wildman–Crippen LogP) is 3.64. The van der Waals surface area contributed by atoms with Crippen molar-refractivity contribution in [3.8, 4) is 0 Å². The van der Waals surface area contributed by atoms with Crippen LogP contribution in [0.4, 0.5) is 5.82 Å². The maximum atomic E-state index is 6.01. The molecule has 7 heteroatoms. The molecule has 0 aliphatic heterocycles. The maximum absolute atomic E-state index is 6.01. The van der Waals surface area contributed by atoms with Crippen LogP contribution in [0.25, 0.3) is 5.65 Å². The number of nitrogens with zero attached hydrogens (tertiary/aromatic N) is 4. The van der Waals surface area contributed by atoms with Crippen LogP contribution in [0.5, 0.6) is 0 Å². The standard InChI is InChI=1S/C14H11BrClN5/c15-11-7-17-13-12(19-14(16)20-21(11)13)18-10-6-5-8-3-1-2-4-9(8)10/h1-4,7,10H,5-6H2,(H,18,19,20)/t10-/m0/s1. The summed E-state index contributed by atoms with van der Waals surface area (Å²) in [5.41, 5.74) is 3.36. The largest absolute Gasteiger partial charge is 0.360 e. The minimum atomic E-state index is 0.190. The smallest absolute Gasteiger partial charge is 0.243 e. The monoisotopic (exact) mass is 363 g/mol. The molecule has 106 valence electrons. The average molecular weight is 365 g/mol. The van der Waals surface area contributed by atoms with Crippen LogP contribution in [0.3, 0.4) is 0 Å². The number of fused-ring (bicyclic) bond motifs is 2. The van der Waals surface area contributed by atoms with Gasteiger partial charge in [0, 0.05) is 0 Å². The third kappa shape index (κ3) is 2.18. The Morgan fingerprint density at radius 2 is 2.19 bits per heavy atom. The highest BCUT2D eigenvalue weighted by molar-refractivity contribution is 9.10. The molecular formula is C14H11BrClN5. The number of imidazole rings is 1. The van der Waals surface area contributed by atoms with Crippen molar-refractivity contribution in [2.24, 2.45) is 0 Å². The molecule has 1 aliphatic rings. The van der Waals surface area contributed by atoms with Gasteiger partial charge in [-0.05, 0) is 51.5 Å². The second-order valence-electron chi connectivity index (χ2n) is 4.98. The van der Waals surface area contributed by atoms with Gasteiger partial charge in [0.25, 0.3) is 0 Å². The van der Waals surface area contributed by atoms with Crippen LogP contribution >= 0.6 is 27.5 Å². The Morgan fingerprint density at radius 3 is 3.10 bits per heavy atom. The van der Waals surface area contributed by atoms with E-state index >= 15 is 0 Å². The van der Waals surface area contributed by atoms with Gasteiger partial charge in [0.05, 0.1) is 12.2 Å². The van der Waals surface area contributed by atoms with Gasteiger partial charge in [-0.2, -0.15) is 4.98 Å². The number of nitrogens with one attached hydrogen (secondary N) is 1. The lowest BCUT2D eigenvalue weighted by Crippen LogP contribution is -2.11. The van der Waals surface area contributed by atoms with Gasteiger partial charge in [-0.15, -0.1) is 5.10 Å². The van der Waals surface area contributed by atoms with Crippen LogP contribution in [0.2, 0.25) is 5.28 Å². The van der Waals surface area contributed by atoms with Crippen LogP contribution in [-0.2, 0) is 6.42 Å². The molecule has 0 saturated carbocycles. The molecule has 0 spiro atoms. The molecule has 0 unspecified atom stereocenters. The SMILES string of the molecule is Clc1nc(N[C@H]2CCc3ccccc32)c2ncc(Br)n2n1. The lowest BCUT2D eigenvalue weighted by Gasteiger charge is -2.15. The third-order valence-corrected chi connectivity index (χ3v) is 4.44. The minimum Gasteiger partial charge on any atom is -0.360 e. The lowest BCUT2D eigenvalue weighted by atomic mass is 10.1. The normalized spacial score (nSPS) is 17.1. The van der Waals surface area contributed by atoms with E-state index in [2.05, 4.69) is 60.6 Å². The molecular weight excluding hydrogens is 354 g/mol.